The minimum atomic E-state index is -2.14. The second-order valence-corrected chi connectivity index (χ2v) is 13.7. The molecule has 0 spiro atoms. The number of esters is 2. The van der Waals surface area contributed by atoms with Gasteiger partial charge in [-0.25, -0.2) is 4.39 Å². The highest BCUT2D eigenvalue weighted by Gasteiger charge is 2.75. The van der Waals surface area contributed by atoms with Crippen LogP contribution in [0, 0.1) is 28.6 Å². The van der Waals surface area contributed by atoms with E-state index in [1.807, 2.05) is 0 Å². The molecular weight excluding hydrogens is 599 g/mol. The van der Waals surface area contributed by atoms with Gasteiger partial charge < -0.3 is 44.8 Å². The highest BCUT2D eigenvalue weighted by molar-refractivity contribution is 6.01. The zero-order valence-electron chi connectivity index (χ0n) is 25.3. The molecule has 5 rings (SSSR count). The minimum absolute atomic E-state index is 0.241. The van der Waals surface area contributed by atoms with Gasteiger partial charge in [0.15, 0.2) is 24.3 Å². The van der Waals surface area contributed by atoms with Crippen LogP contribution >= 0.6 is 0 Å². The number of hydrogen-bond acceptors (Lipinski definition) is 13. The van der Waals surface area contributed by atoms with Gasteiger partial charge in [-0.05, 0) is 56.6 Å². The molecule has 0 aromatic rings. The molecule has 0 aromatic carbocycles. The molecule has 13 atom stereocenters. The van der Waals surface area contributed by atoms with E-state index in [2.05, 4.69) is 0 Å². The van der Waals surface area contributed by atoms with Crippen LogP contribution < -0.4 is 0 Å². The van der Waals surface area contributed by atoms with E-state index < -0.39 is 114 Å². The predicted molar refractivity (Wildman–Crippen MR) is 148 cm³/mol. The summed E-state index contributed by atoms with van der Waals surface area (Å²) in [6.45, 7) is 3.32. The van der Waals surface area contributed by atoms with Gasteiger partial charge in [0.1, 0.15) is 43.0 Å². The zero-order chi connectivity index (χ0) is 33.3. The molecule has 4 aliphatic carbocycles. The first-order valence-corrected chi connectivity index (χ1v) is 15.2. The van der Waals surface area contributed by atoms with Gasteiger partial charge in [0.25, 0.3) is 0 Å². The maximum atomic E-state index is 17.3. The van der Waals surface area contributed by atoms with Gasteiger partial charge in [-0.2, -0.15) is 0 Å². The van der Waals surface area contributed by atoms with E-state index in [0.29, 0.717) is 18.4 Å². The van der Waals surface area contributed by atoms with Gasteiger partial charge in [-0.1, -0.05) is 25.5 Å². The van der Waals surface area contributed by atoms with E-state index >= 15 is 4.39 Å². The van der Waals surface area contributed by atoms with E-state index in [1.165, 1.54) is 18.2 Å². The van der Waals surface area contributed by atoms with E-state index in [1.54, 1.807) is 20.8 Å². The van der Waals surface area contributed by atoms with Crippen molar-refractivity contribution >= 4 is 23.5 Å². The number of halogens is 1. The molecule has 5 aliphatic rings. The van der Waals surface area contributed by atoms with Crippen LogP contribution in [0.3, 0.4) is 0 Å². The molecule has 0 unspecified atom stereocenters. The van der Waals surface area contributed by atoms with Crippen LogP contribution in [0.5, 0.6) is 0 Å². The molecule has 4 fully saturated rings. The first kappa shape index (κ1) is 33.8. The highest BCUT2D eigenvalue weighted by atomic mass is 19.1. The Labute approximate surface area is 258 Å². The maximum absolute atomic E-state index is 17.3. The average Bonchev–Trinajstić information content (AvgIpc) is 3.35. The number of ketones is 2. The van der Waals surface area contributed by atoms with Crippen LogP contribution in [-0.2, 0) is 33.4 Å². The molecule has 1 heterocycles. The number of allylic oxidation sites excluding steroid dienone is 4. The fraction of sp³-hybridized carbons (Fsp3) is 0.742. The Bertz CT molecular complexity index is 1320. The molecule has 0 radical (unpaired) electrons. The summed E-state index contributed by atoms with van der Waals surface area (Å²) in [5, 5.41) is 62.2. The van der Waals surface area contributed by atoms with Gasteiger partial charge in [0, 0.05) is 16.7 Å². The van der Waals surface area contributed by atoms with E-state index in [9.17, 15) is 49.8 Å². The normalized spacial score (nSPS) is 46.0. The molecule has 14 heteroatoms. The molecule has 250 valence electrons. The summed E-state index contributed by atoms with van der Waals surface area (Å²) in [4.78, 5) is 50.1. The number of hydrogen-bond donors (Lipinski definition) is 6. The highest BCUT2D eigenvalue weighted by Crippen LogP contribution is 2.70. The van der Waals surface area contributed by atoms with Crippen LogP contribution in [0.2, 0.25) is 0 Å². The summed E-state index contributed by atoms with van der Waals surface area (Å²) < 4.78 is 31.9. The SMILES string of the molecule is C[C@@H]1C[C@H]2[C@@H]3CCC4=CC(=O)C=C[C@]4(C)[C@@]3(F)[C@@H](O)C[C@]2(C)[C@@]1(O)C(=O)COC(=O)CC(=O)OC[C@H](O)[C@H]1O[C@H](O)[C@@H](O)[C@H]1O. The third kappa shape index (κ3) is 5.00. The number of carbonyl (C=O) groups is 4. The fourth-order valence-electron chi connectivity index (χ4n) is 8.89. The van der Waals surface area contributed by atoms with Gasteiger partial charge >= 0.3 is 11.9 Å². The molecule has 1 aliphatic heterocycles. The quantitative estimate of drug-likeness (QED) is 0.141. The van der Waals surface area contributed by atoms with Gasteiger partial charge in [-0.3, -0.25) is 19.2 Å². The molecule has 0 amide bonds. The number of carbonyl (C=O) groups excluding carboxylic acids is 4. The summed E-state index contributed by atoms with van der Waals surface area (Å²) in [6, 6.07) is 0. The van der Waals surface area contributed by atoms with Crippen molar-refractivity contribution in [1.82, 2.24) is 0 Å². The van der Waals surface area contributed by atoms with Crippen LogP contribution in [0.15, 0.2) is 23.8 Å². The number of rotatable bonds is 8. The molecular formula is C31H41FO13. The zero-order valence-corrected chi connectivity index (χ0v) is 25.3. The van der Waals surface area contributed by atoms with E-state index in [-0.39, 0.29) is 18.6 Å². The summed E-state index contributed by atoms with van der Waals surface area (Å²) in [6.07, 6.45) is -5.68. The maximum Gasteiger partial charge on any atom is 0.317 e. The second kappa shape index (κ2) is 11.6. The Morgan fingerprint density at radius 3 is 2.40 bits per heavy atom. The Hall–Kier alpha value is -2.59. The smallest absolute Gasteiger partial charge is 0.317 e. The van der Waals surface area contributed by atoms with Crippen molar-refractivity contribution in [2.45, 2.75) is 101 Å². The van der Waals surface area contributed by atoms with Crippen LogP contribution in [0.4, 0.5) is 4.39 Å². The number of fused-ring (bicyclic) bond motifs is 5. The van der Waals surface area contributed by atoms with Crippen LogP contribution in [0.25, 0.3) is 0 Å². The Kier molecular flexibility index (Phi) is 8.69. The third-order valence-corrected chi connectivity index (χ3v) is 11.4. The van der Waals surface area contributed by atoms with Crippen molar-refractivity contribution in [1.29, 1.82) is 0 Å². The summed E-state index contributed by atoms with van der Waals surface area (Å²) in [5.41, 5.74) is -6.13. The van der Waals surface area contributed by atoms with Gasteiger partial charge in [-0.15, -0.1) is 0 Å². The monoisotopic (exact) mass is 640 g/mol. The molecule has 0 bridgehead atoms. The third-order valence-electron chi connectivity index (χ3n) is 11.4. The second-order valence-electron chi connectivity index (χ2n) is 13.7. The molecule has 45 heavy (non-hydrogen) atoms. The lowest BCUT2D eigenvalue weighted by atomic mass is 9.44. The summed E-state index contributed by atoms with van der Waals surface area (Å²) in [5.74, 6) is -5.33. The number of aliphatic hydroxyl groups is 6. The predicted octanol–water partition coefficient (Wildman–Crippen LogP) is -0.820. The van der Waals surface area contributed by atoms with Crippen LogP contribution in [0.1, 0.15) is 52.9 Å². The Balaban J connectivity index is 1.21. The Morgan fingerprint density at radius 1 is 1.09 bits per heavy atom. The lowest BCUT2D eigenvalue weighted by molar-refractivity contribution is -0.220. The molecule has 6 N–H and O–H groups in total. The van der Waals surface area contributed by atoms with E-state index in [4.69, 9.17) is 14.2 Å². The van der Waals surface area contributed by atoms with Crippen molar-refractivity contribution in [3.8, 4) is 0 Å². The molecule has 0 aromatic heterocycles. The molecule has 13 nitrogen and oxygen atoms in total. The largest absolute Gasteiger partial charge is 0.462 e. The number of aliphatic hydroxyl groups excluding tert-OH is 5. The van der Waals surface area contributed by atoms with Crippen molar-refractivity contribution in [2.24, 2.45) is 28.6 Å². The lowest BCUT2D eigenvalue weighted by Crippen LogP contribution is -2.69. The first-order valence-electron chi connectivity index (χ1n) is 15.2. The molecule has 3 saturated carbocycles. The number of Topliss-reactive ketones (excluding diaryl/α,β-unsaturated/α-hetero) is 1. The van der Waals surface area contributed by atoms with Crippen LogP contribution in [-0.4, -0.2) is 115 Å². The summed E-state index contributed by atoms with van der Waals surface area (Å²) in [7, 11) is 0. The van der Waals surface area contributed by atoms with Crippen molar-refractivity contribution < 1.29 is 68.4 Å². The van der Waals surface area contributed by atoms with E-state index in [0.717, 1.165) is 0 Å². The van der Waals surface area contributed by atoms with Crippen molar-refractivity contribution in [3.05, 3.63) is 23.8 Å². The summed E-state index contributed by atoms with van der Waals surface area (Å²) >= 11 is 0. The number of ether oxygens (including phenoxy) is 3. The average molecular weight is 641 g/mol. The first-order chi connectivity index (χ1) is 20.9. The van der Waals surface area contributed by atoms with Gasteiger partial charge in [0.2, 0.25) is 5.78 Å². The topological polar surface area (TPSA) is 217 Å². The Morgan fingerprint density at radius 2 is 1.76 bits per heavy atom. The van der Waals surface area contributed by atoms with Crippen molar-refractivity contribution in [2.75, 3.05) is 13.2 Å². The van der Waals surface area contributed by atoms with Gasteiger partial charge in [0.05, 0.1) is 6.10 Å². The fourth-order valence-corrected chi connectivity index (χ4v) is 8.89. The van der Waals surface area contributed by atoms with Crippen molar-refractivity contribution in [3.63, 3.8) is 0 Å². The minimum Gasteiger partial charge on any atom is -0.462 e. The standard InChI is InChI=1S/C31H41FO13/c1-14-8-18-17-5-4-15-9-16(33)6-7-28(15,2)30(17,32)20(35)11-29(18,3)31(14,42)21(36)13-44-23(38)10-22(37)43-12-19(34)26-24(39)25(40)27(41)45-26/h6-7,9,14,17-20,24-27,34-35,39-42H,4-5,8,10-13H2,1-3H3/t14-,17+,18+,19+,20+,24-,25+,26-,27+,28+,29+,30+,31+/m1/s1. The molecule has 1 saturated heterocycles. The lowest BCUT2D eigenvalue weighted by Gasteiger charge is -2.62. The number of alkyl halides is 1.